The molecular weight excluding hydrogens is 280 g/mol. The summed E-state index contributed by atoms with van der Waals surface area (Å²) in [6.07, 6.45) is 0. The van der Waals surface area contributed by atoms with Crippen molar-refractivity contribution in [2.45, 2.75) is 6.92 Å². The number of nitrogens with zero attached hydrogens (tertiary/aromatic N) is 2. The molecule has 0 aliphatic heterocycles. The number of halogens is 1. The molecule has 108 valence electrons. The van der Waals surface area contributed by atoms with E-state index in [9.17, 15) is 0 Å². The molecule has 0 amide bonds. The zero-order valence-corrected chi connectivity index (χ0v) is 12.6. The van der Waals surface area contributed by atoms with Crippen LogP contribution < -0.4 is 20.5 Å². The van der Waals surface area contributed by atoms with E-state index in [0.717, 1.165) is 5.69 Å². The molecule has 0 aliphatic rings. The maximum Gasteiger partial charge on any atom is 0.152 e. The number of anilines is 3. The van der Waals surface area contributed by atoms with Crippen molar-refractivity contribution < 1.29 is 9.47 Å². The van der Waals surface area contributed by atoms with Gasteiger partial charge in [-0.1, -0.05) is 11.6 Å². The van der Waals surface area contributed by atoms with Gasteiger partial charge in [-0.3, -0.25) is 4.68 Å². The van der Waals surface area contributed by atoms with Crippen molar-refractivity contribution in [1.29, 1.82) is 0 Å². The molecule has 0 bridgehead atoms. The van der Waals surface area contributed by atoms with Crippen LogP contribution in [0.2, 0.25) is 5.02 Å². The summed E-state index contributed by atoms with van der Waals surface area (Å²) in [6, 6.07) is 3.44. The summed E-state index contributed by atoms with van der Waals surface area (Å²) in [6.45, 7) is 1.85. The molecule has 0 radical (unpaired) electrons. The van der Waals surface area contributed by atoms with E-state index in [0.29, 0.717) is 33.7 Å². The molecule has 0 aliphatic carbocycles. The number of methoxy groups -OCH3 is 2. The molecule has 6 nitrogen and oxygen atoms in total. The van der Waals surface area contributed by atoms with E-state index in [-0.39, 0.29) is 0 Å². The second-order valence-electron chi connectivity index (χ2n) is 4.28. The van der Waals surface area contributed by atoms with E-state index in [2.05, 4.69) is 10.4 Å². The first-order valence-corrected chi connectivity index (χ1v) is 6.33. The van der Waals surface area contributed by atoms with E-state index >= 15 is 0 Å². The number of nitrogen functional groups attached to an aromatic ring is 1. The van der Waals surface area contributed by atoms with Crippen LogP contribution >= 0.6 is 11.6 Å². The van der Waals surface area contributed by atoms with Crippen molar-refractivity contribution in [3.05, 3.63) is 22.8 Å². The molecule has 0 atom stereocenters. The van der Waals surface area contributed by atoms with Crippen LogP contribution in [-0.4, -0.2) is 24.0 Å². The number of hydrogen-bond acceptors (Lipinski definition) is 5. The van der Waals surface area contributed by atoms with Gasteiger partial charge in [0.15, 0.2) is 5.82 Å². The van der Waals surface area contributed by atoms with Gasteiger partial charge in [-0.25, -0.2) is 0 Å². The van der Waals surface area contributed by atoms with E-state index in [1.54, 1.807) is 31.0 Å². The van der Waals surface area contributed by atoms with Gasteiger partial charge in [-0.15, -0.1) is 0 Å². The third kappa shape index (κ3) is 2.46. The number of ether oxygens (including phenoxy) is 2. The van der Waals surface area contributed by atoms with Crippen molar-refractivity contribution in [1.82, 2.24) is 9.78 Å². The van der Waals surface area contributed by atoms with Crippen molar-refractivity contribution in [3.63, 3.8) is 0 Å². The van der Waals surface area contributed by atoms with Crippen LogP contribution in [0.15, 0.2) is 12.1 Å². The first-order valence-electron chi connectivity index (χ1n) is 5.95. The lowest BCUT2D eigenvalue weighted by atomic mass is 10.2. The van der Waals surface area contributed by atoms with E-state index in [1.165, 1.54) is 0 Å². The summed E-state index contributed by atoms with van der Waals surface area (Å²) in [5.41, 5.74) is 8.04. The lowest BCUT2D eigenvalue weighted by Crippen LogP contribution is -2.03. The summed E-state index contributed by atoms with van der Waals surface area (Å²) < 4.78 is 12.2. The molecule has 1 heterocycles. The quantitative estimate of drug-likeness (QED) is 0.907. The molecule has 0 unspecified atom stereocenters. The summed E-state index contributed by atoms with van der Waals surface area (Å²) >= 11 is 6.07. The summed E-state index contributed by atoms with van der Waals surface area (Å²) in [7, 11) is 4.94. The second-order valence-corrected chi connectivity index (χ2v) is 4.69. The Kier molecular flexibility index (Phi) is 3.94. The molecule has 0 saturated heterocycles. The van der Waals surface area contributed by atoms with Gasteiger partial charge in [-0.2, -0.15) is 5.10 Å². The van der Waals surface area contributed by atoms with Crippen LogP contribution in [0.3, 0.4) is 0 Å². The number of rotatable bonds is 4. The average molecular weight is 297 g/mol. The number of benzene rings is 1. The van der Waals surface area contributed by atoms with Crippen LogP contribution in [-0.2, 0) is 7.05 Å². The van der Waals surface area contributed by atoms with Gasteiger partial charge < -0.3 is 20.5 Å². The molecule has 1 aromatic carbocycles. The first kappa shape index (κ1) is 14.3. The van der Waals surface area contributed by atoms with E-state index in [1.807, 2.05) is 14.0 Å². The highest BCUT2D eigenvalue weighted by molar-refractivity contribution is 6.32. The minimum Gasteiger partial charge on any atom is -0.495 e. The van der Waals surface area contributed by atoms with Crippen molar-refractivity contribution >= 4 is 28.8 Å². The maximum atomic E-state index is 6.07. The third-order valence-corrected chi connectivity index (χ3v) is 3.29. The van der Waals surface area contributed by atoms with E-state index < -0.39 is 0 Å². The van der Waals surface area contributed by atoms with Crippen LogP contribution in [0.1, 0.15) is 5.69 Å². The fraction of sp³-hybridized carbons (Fsp3) is 0.308. The smallest absolute Gasteiger partial charge is 0.152 e. The fourth-order valence-corrected chi connectivity index (χ4v) is 2.14. The predicted octanol–water partition coefficient (Wildman–Crippen LogP) is 2.72. The largest absolute Gasteiger partial charge is 0.495 e. The number of aromatic nitrogens is 2. The number of nitrogens with two attached hydrogens (primary N) is 1. The Hall–Kier alpha value is -2.08. The second kappa shape index (κ2) is 5.50. The topological polar surface area (TPSA) is 74.3 Å². The molecule has 0 spiro atoms. The predicted molar refractivity (Wildman–Crippen MR) is 80.2 cm³/mol. The van der Waals surface area contributed by atoms with Gasteiger partial charge in [0.1, 0.15) is 11.5 Å². The standard InChI is InChI=1S/C13H17ClN4O2/c1-7-12(15)13(18(2)17-7)16-9-6-10(19-3)8(14)5-11(9)20-4/h5-6,16H,15H2,1-4H3. The number of nitrogens with one attached hydrogen (secondary N) is 1. The highest BCUT2D eigenvalue weighted by Crippen LogP contribution is 2.38. The molecule has 0 fully saturated rings. The SMILES string of the molecule is COc1cc(Nc2c(N)c(C)nn2C)c(OC)cc1Cl. The zero-order chi connectivity index (χ0) is 14.9. The average Bonchev–Trinajstić information content (AvgIpc) is 2.66. The van der Waals surface area contributed by atoms with Crippen molar-refractivity contribution in [3.8, 4) is 11.5 Å². The van der Waals surface area contributed by atoms with Crippen LogP contribution in [0, 0.1) is 6.92 Å². The van der Waals surface area contributed by atoms with E-state index in [4.69, 9.17) is 26.8 Å². The van der Waals surface area contributed by atoms with Crippen LogP contribution in [0.4, 0.5) is 17.2 Å². The monoisotopic (exact) mass is 296 g/mol. The Balaban J connectivity index is 2.47. The van der Waals surface area contributed by atoms with Crippen molar-refractivity contribution in [2.75, 3.05) is 25.3 Å². The zero-order valence-electron chi connectivity index (χ0n) is 11.8. The molecule has 7 heteroatoms. The van der Waals surface area contributed by atoms with Crippen LogP contribution in [0.25, 0.3) is 0 Å². The minimum absolute atomic E-state index is 0.476. The Bertz CT molecular complexity index is 640. The molecule has 1 aromatic heterocycles. The number of hydrogen-bond donors (Lipinski definition) is 2. The highest BCUT2D eigenvalue weighted by atomic mass is 35.5. The molecule has 3 N–H and O–H groups in total. The Labute approximate surface area is 122 Å². The van der Waals surface area contributed by atoms with Gasteiger partial charge in [0.2, 0.25) is 0 Å². The fourth-order valence-electron chi connectivity index (χ4n) is 1.91. The third-order valence-electron chi connectivity index (χ3n) is 3.00. The van der Waals surface area contributed by atoms with Crippen molar-refractivity contribution in [2.24, 2.45) is 7.05 Å². The highest BCUT2D eigenvalue weighted by Gasteiger charge is 2.15. The number of aryl methyl sites for hydroxylation is 2. The van der Waals surface area contributed by atoms with Gasteiger partial charge >= 0.3 is 0 Å². The Morgan fingerprint density at radius 2 is 1.90 bits per heavy atom. The van der Waals surface area contributed by atoms with Gasteiger partial charge in [0, 0.05) is 19.2 Å². The lowest BCUT2D eigenvalue weighted by Gasteiger charge is -2.14. The Morgan fingerprint density at radius 1 is 1.25 bits per heavy atom. The lowest BCUT2D eigenvalue weighted by molar-refractivity contribution is 0.405. The molecule has 20 heavy (non-hydrogen) atoms. The Morgan fingerprint density at radius 3 is 2.40 bits per heavy atom. The molecular formula is C13H17ClN4O2. The summed E-state index contributed by atoms with van der Waals surface area (Å²) in [5.74, 6) is 1.83. The molecule has 2 rings (SSSR count). The molecule has 2 aromatic rings. The minimum atomic E-state index is 0.476. The van der Waals surface area contributed by atoms with Crippen LogP contribution in [0.5, 0.6) is 11.5 Å². The summed E-state index contributed by atoms with van der Waals surface area (Å²) in [5, 5.41) is 7.92. The normalized spacial score (nSPS) is 10.4. The van der Waals surface area contributed by atoms with Gasteiger partial charge in [0.05, 0.1) is 36.3 Å². The maximum absolute atomic E-state index is 6.07. The molecule has 0 saturated carbocycles. The van der Waals surface area contributed by atoms with Gasteiger partial charge in [-0.05, 0) is 6.92 Å². The first-order chi connectivity index (χ1) is 9.47. The van der Waals surface area contributed by atoms with Gasteiger partial charge in [0.25, 0.3) is 0 Å². The summed E-state index contributed by atoms with van der Waals surface area (Å²) in [4.78, 5) is 0.